The highest BCUT2D eigenvalue weighted by molar-refractivity contribution is 7.07. The van der Waals surface area contributed by atoms with Crippen LogP contribution in [0.3, 0.4) is 0 Å². The first kappa shape index (κ1) is 10.1. The van der Waals surface area contributed by atoms with E-state index in [1.165, 1.54) is 0 Å². The summed E-state index contributed by atoms with van der Waals surface area (Å²) in [6.45, 7) is 0.326. The number of rotatable bonds is 4. The van der Waals surface area contributed by atoms with Crippen LogP contribution in [0.1, 0.15) is 0 Å². The third-order valence-electron chi connectivity index (χ3n) is 1.94. The van der Waals surface area contributed by atoms with Gasteiger partial charge in [0.15, 0.2) is 0 Å². The van der Waals surface area contributed by atoms with Crippen LogP contribution in [-0.4, -0.2) is 23.3 Å². The van der Waals surface area contributed by atoms with Crippen LogP contribution < -0.4 is 4.74 Å². The fraction of sp³-hybridized carbons (Fsp3) is 0.182. The Labute approximate surface area is 92.0 Å². The zero-order valence-electron chi connectivity index (χ0n) is 8.09. The Morgan fingerprint density at radius 1 is 1.33 bits per heavy atom. The SMILES string of the molecule is OCCOc1ccccc1-c1cscn1. The number of nitrogens with zero attached hydrogens (tertiary/aromatic N) is 1. The maximum atomic E-state index is 8.71. The van der Waals surface area contributed by atoms with Gasteiger partial charge < -0.3 is 9.84 Å². The maximum Gasteiger partial charge on any atom is 0.128 e. The van der Waals surface area contributed by atoms with Crippen LogP contribution in [0.25, 0.3) is 11.3 Å². The minimum absolute atomic E-state index is 0.0192. The summed E-state index contributed by atoms with van der Waals surface area (Å²) in [4.78, 5) is 4.23. The zero-order chi connectivity index (χ0) is 10.5. The molecular weight excluding hydrogens is 210 g/mol. The average Bonchev–Trinajstić information content (AvgIpc) is 2.80. The smallest absolute Gasteiger partial charge is 0.128 e. The molecule has 3 nitrogen and oxygen atoms in total. The summed E-state index contributed by atoms with van der Waals surface area (Å²) in [5.74, 6) is 0.762. The lowest BCUT2D eigenvalue weighted by Gasteiger charge is -2.08. The Kier molecular flexibility index (Phi) is 3.32. The molecule has 0 bridgehead atoms. The van der Waals surface area contributed by atoms with E-state index in [-0.39, 0.29) is 6.61 Å². The number of aliphatic hydroxyl groups excluding tert-OH is 1. The van der Waals surface area contributed by atoms with Crippen molar-refractivity contribution in [2.45, 2.75) is 0 Å². The van der Waals surface area contributed by atoms with Crippen molar-refractivity contribution < 1.29 is 9.84 Å². The van der Waals surface area contributed by atoms with Crippen LogP contribution in [0, 0.1) is 0 Å². The summed E-state index contributed by atoms with van der Waals surface area (Å²) in [5, 5.41) is 10.7. The molecule has 0 spiro atoms. The van der Waals surface area contributed by atoms with E-state index < -0.39 is 0 Å². The van der Waals surface area contributed by atoms with Gasteiger partial charge >= 0.3 is 0 Å². The summed E-state index contributed by atoms with van der Waals surface area (Å²) in [7, 11) is 0. The second kappa shape index (κ2) is 4.91. The van der Waals surface area contributed by atoms with Gasteiger partial charge in [-0.25, -0.2) is 4.98 Å². The molecule has 0 saturated heterocycles. The molecule has 0 amide bonds. The monoisotopic (exact) mass is 221 g/mol. The van der Waals surface area contributed by atoms with Crippen LogP contribution >= 0.6 is 11.3 Å². The Balaban J connectivity index is 2.30. The molecule has 4 heteroatoms. The van der Waals surface area contributed by atoms with Gasteiger partial charge in [0.05, 0.1) is 17.8 Å². The number of aromatic nitrogens is 1. The van der Waals surface area contributed by atoms with Crippen LogP contribution in [0.2, 0.25) is 0 Å². The summed E-state index contributed by atoms with van der Waals surface area (Å²) in [5.41, 5.74) is 3.67. The molecule has 1 heterocycles. The predicted octanol–water partition coefficient (Wildman–Crippen LogP) is 2.18. The lowest BCUT2D eigenvalue weighted by atomic mass is 10.1. The molecule has 2 aromatic rings. The van der Waals surface area contributed by atoms with Gasteiger partial charge in [0.2, 0.25) is 0 Å². The van der Waals surface area contributed by atoms with E-state index in [0.717, 1.165) is 17.0 Å². The molecule has 0 radical (unpaired) electrons. The first-order valence-electron chi connectivity index (χ1n) is 4.63. The third-order valence-corrected chi connectivity index (χ3v) is 2.53. The lowest BCUT2D eigenvalue weighted by Crippen LogP contribution is -2.02. The van der Waals surface area contributed by atoms with Gasteiger partial charge in [0.25, 0.3) is 0 Å². The van der Waals surface area contributed by atoms with Gasteiger partial charge in [-0.2, -0.15) is 0 Å². The first-order valence-corrected chi connectivity index (χ1v) is 5.57. The third kappa shape index (κ3) is 2.34. The van der Waals surface area contributed by atoms with Crippen LogP contribution in [0.5, 0.6) is 5.75 Å². The van der Waals surface area contributed by atoms with Gasteiger partial charge in [-0.05, 0) is 12.1 Å². The number of ether oxygens (including phenoxy) is 1. The molecule has 0 aliphatic heterocycles. The van der Waals surface area contributed by atoms with Crippen LogP contribution in [0.4, 0.5) is 0 Å². The van der Waals surface area contributed by atoms with Crippen molar-refractivity contribution in [3.05, 3.63) is 35.2 Å². The van der Waals surface area contributed by atoms with Crippen LogP contribution in [0.15, 0.2) is 35.2 Å². The summed E-state index contributed by atoms with van der Waals surface area (Å²) in [6.07, 6.45) is 0. The minimum atomic E-state index is 0.0192. The quantitative estimate of drug-likeness (QED) is 0.860. The van der Waals surface area contributed by atoms with E-state index in [1.807, 2.05) is 29.6 Å². The molecule has 1 aromatic carbocycles. The molecular formula is C11H11NO2S. The Hall–Kier alpha value is -1.39. The molecule has 0 unspecified atom stereocenters. The van der Waals surface area contributed by atoms with Gasteiger partial charge in [0, 0.05) is 10.9 Å². The van der Waals surface area contributed by atoms with Gasteiger partial charge in [-0.1, -0.05) is 12.1 Å². The standard InChI is InChI=1S/C11H11NO2S/c13-5-6-14-11-4-2-1-3-9(11)10-7-15-8-12-10/h1-4,7-8,13H,5-6H2. The highest BCUT2D eigenvalue weighted by atomic mass is 32.1. The molecule has 1 aromatic heterocycles. The summed E-state index contributed by atoms with van der Waals surface area (Å²) >= 11 is 1.55. The number of benzene rings is 1. The van der Waals surface area contributed by atoms with Crippen LogP contribution in [-0.2, 0) is 0 Å². The average molecular weight is 221 g/mol. The number of aliphatic hydroxyl groups is 1. The molecule has 0 aliphatic rings. The fourth-order valence-corrected chi connectivity index (χ4v) is 1.86. The fourth-order valence-electron chi connectivity index (χ4n) is 1.31. The molecule has 0 fully saturated rings. The Morgan fingerprint density at radius 2 is 2.20 bits per heavy atom. The second-order valence-corrected chi connectivity index (χ2v) is 3.66. The highest BCUT2D eigenvalue weighted by Gasteiger charge is 2.06. The summed E-state index contributed by atoms with van der Waals surface area (Å²) in [6, 6.07) is 7.69. The van der Waals surface area contributed by atoms with Crippen molar-refractivity contribution in [2.75, 3.05) is 13.2 Å². The van der Waals surface area contributed by atoms with Crippen molar-refractivity contribution in [2.24, 2.45) is 0 Å². The van der Waals surface area contributed by atoms with Gasteiger partial charge in [0.1, 0.15) is 12.4 Å². The predicted molar refractivity (Wildman–Crippen MR) is 60.1 cm³/mol. The molecule has 0 atom stereocenters. The minimum Gasteiger partial charge on any atom is -0.490 e. The maximum absolute atomic E-state index is 8.71. The van der Waals surface area contributed by atoms with Crippen molar-refractivity contribution in [1.29, 1.82) is 0 Å². The number of thiazole rings is 1. The van der Waals surface area contributed by atoms with E-state index >= 15 is 0 Å². The van der Waals surface area contributed by atoms with Gasteiger partial charge in [-0.15, -0.1) is 11.3 Å². The molecule has 0 saturated carbocycles. The number of para-hydroxylation sites is 1. The molecule has 0 aliphatic carbocycles. The zero-order valence-corrected chi connectivity index (χ0v) is 8.91. The van der Waals surface area contributed by atoms with Crippen molar-refractivity contribution in [1.82, 2.24) is 4.98 Å². The highest BCUT2D eigenvalue weighted by Crippen LogP contribution is 2.29. The van der Waals surface area contributed by atoms with E-state index in [4.69, 9.17) is 9.84 Å². The Bertz CT molecular complexity index is 414. The second-order valence-electron chi connectivity index (χ2n) is 2.94. The van der Waals surface area contributed by atoms with E-state index in [2.05, 4.69) is 4.98 Å². The van der Waals surface area contributed by atoms with Crippen molar-refractivity contribution in [3.8, 4) is 17.0 Å². The first-order chi connectivity index (χ1) is 7.42. The largest absolute Gasteiger partial charge is 0.490 e. The lowest BCUT2D eigenvalue weighted by molar-refractivity contribution is 0.202. The molecule has 1 N–H and O–H groups in total. The topological polar surface area (TPSA) is 42.4 Å². The number of hydrogen-bond acceptors (Lipinski definition) is 4. The van der Waals surface area contributed by atoms with E-state index in [0.29, 0.717) is 6.61 Å². The Morgan fingerprint density at radius 3 is 2.93 bits per heavy atom. The number of hydrogen-bond donors (Lipinski definition) is 1. The van der Waals surface area contributed by atoms with Gasteiger partial charge in [-0.3, -0.25) is 0 Å². The van der Waals surface area contributed by atoms with E-state index in [1.54, 1.807) is 16.8 Å². The van der Waals surface area contributed by atoms with Crippen molar-refractivity contribution >= 4 is 11.3 Å². The van der Waals surface area contributed by atoms with Crippen molar-refractivity contribution in [3.63, 3.8) is 0 Å². The molecule has 78 valence electrons. The summed E-state index contributed by atoms with van der Waals surface area (Å²) < 4.78 is 5.42. The normalized spacial score (nSPS) is 10.2. The molecule has 2 rings (SSSR count). The molecule has 15 heavy (non-hydrogen) atoms. The van der Waals surface area contributed by atoms with E-state index in [9.17, 15) is 0 Å².